The molecule has 0 aliphatic carbocycles. The summed E-state index contributed by atoms with van der Waals surface area (Å²) >= 11 is 1.41. The predicted octanol–water partition coefficient (Wildman–Crippen LogP) is 3.04. The Bertz CT molecular complexity index is 451. The molecule has 2 rings (SSSR count). The van der Waals surface area contributed by atoms with E-state index in [1.807, 2.05) is 25.1 Å². The molecule has 6 heteroatoms. The Morgan fingerprint density at radius 2 is 2.36 bits per heavy atom. The Labute approximate surface area is 135 Å². The Hall–Kier alpha value is -1.11. The molecular weight excluding hydrogens is 302 g/mol. The summed E-state index contributed by atoms with van der Waals surface area (Å²) in [6.07, 6.45) is 5.18. The van der Waals surface area contributed by atoms with Gasteiger partial charge < -0.3 is 14.2 Å². The number of hydrogen-bond donors (Lipinski definition) is 0. The van der Waals surface area contributed by atoms with Gasteiger partial charge in [-0.3, -0.25) is 4.79 Å². The van der Waals surface area contributed by atoms with E-state index in [9.17, 15) is 4.79 Å². The van der Waals surface area contributed by atoms with Crippen molar-refractivity contribution in [3.63, 3.8) is 0 Å². The van der Waals surface area contributed by atoms with Crippen LogP contribution in [-0.4, -0.2) is 42.3 Å². The lowest BCUT2D eigenvalue weighted by Crippen LogP contribution is -2.30. The van der Waals surface area contributed by atoms with Gasteiger partial charge in [-0.15, -0.1) is 0 Å². The summed E-state index contributed by atoms with van der Waals surface area (Å²) in [6, 6.07) is 5.64. The number of nitrogens with zero attached hydrogens (tertiary/aromatic N) is 1. The summed E-state index contributed by atoms with van der Waals surface area (Å²) < 4.78 is 16.4. The predicted molar refractivity (Wildman–Crippen MR) is 84.7 cm³/mol. The van der Waals surface area contributed by atoms with Gasteiger partial charge in [-0.2, -0.15) is 0 Å². The van der Waals surface area contributed by atoms with Crippen molar-refractivity contribution in [2.75, 3.05) is 13.7 Å². The SMILES string of the molecule is COC(=O)[C@@H](CC(C)O[C@H]1CCCCO1)Sc1ccccn1. The highest BCUT2D eigenvalue weighted by Crippen LogP contribution is 2.27. The molecule has 122 valence electrons. The van der Waals surface area contributed by atoms with Gasteiger partial charge in [-0.25, -0.2) is 4.98 Å². The molecule has 0 spiro atoms. The number of hydrogen-bond acceptors (Lipinski definition) is 6. The van der Waals surface area contributed by atoms with Crippen LogP contribution in [0.25, 0.3) is 0 Å². The van der Waals surface area contributed by atoms with Crippen LogP contribution in [0, 0.1) is 0 Å². The third kappa shape index (κ3) is 5.59. The van der Waals surface area contributed by atoms with E-state index in [1.165, 1.54) is 18.9 Å². The summed E-state index contributed by atoms with van der Waals surface area (Å²) in [5, 5.41) is 0.470. The Kier molecular flexibility index (Phi) is 7.15. The Balaban J connectivity index is 1.89. The molecule has 1 unspecified atom stereocenters. The standard InChI is InChI=1S/C16H23NO4S/c1-12(21-15-8-4-6-10-20-15)11-13(16(18)19-2)22-14-7-3-5-9-17-14/h3,5,7,9,12-13,15H,4,6,8,10-11H2,1-2H3/t12?,13-,15+/m1/s1. The van der Waals surface area contributed by atoms with Gasteiger partial charge >= 0.3 is 5.97 Å². The fourth-order valence-corrected chi connectivity index (χ4v) is 3.45. The number of ether oxygens (including phenoxy) is 3. The molecule has 2 heterocycles. The first kappa shape index (κ1) is 17.2. The normalized spacial score (nSPS) is 21.1. The quantitative estimate of drug-likeness (QED) is 0.567. The molecule has 1 aromatic rings. The monoisotopic (exact) mass is 325 g/mol. The minimum atomic E-state index is -0.335. The summed E-state index contributed by atoms with van der Waals surface area (Å²) in [4.78, 5) is 16.2. The minimum absolute atomic E-state index is 0.0802. The van der Waals surface area contributed by atoms with Gasteiger partial charge in [0.15, 0.2) is 6.29 Å². The van der Waals surface area contributed by atoms with Crippen LogP contribution in [0.15, 0.2) is 29.4 Å². The van der Waals surface area contributed by atoms with E-state index in [1.54, 1.807) is 6.20 Å². The van der Waals surface area contributed by atoms with E-state index in [0.29, 0.717) is 6.42 Å². The lowest BCUT2D eigenvalue weighted by molar-refractivity contribution is -0.186. The molecule has 0 bridgehead atoms. The van der Waals surface area contributed by atoms with E-state index in [0.717, 1.165) is 30.9 Å². The van der Waals surface area contributed by atoms with Crippen molar-refractivity contribution < 1.29 is 19.0 Å². The molecule has 22 heavy (non-hydrogen) atoms. The molecule has 1 aliphatic heterocycles. The third-order valence-electron chi connectivity index (χ3n) is 3.43. The zero-order chi connectivity index (χ0) is 15.8. The second-order valence-electron chi connectivity index (χ2n) is 5.28. The van der Waals surface area contributed by atoms with Crippen molar-refractivity contribution >= 4 is 17.7 Å². The number of pyridine rings is 1. The van der Waals surface area contributed by atoms with Crippen LogP contribution in [0.1, 0.15) is 32.6 Å². The van der Waals surface area contributed by atoms with Crippen molar-refractivity contribution in [1.82, 2.24) is 4.98 Å². The number of thioether (sulfide) groups is 1. The summed E-state index contributed by atoms with van der Waals surface area (Å²) in [7, 11) is 1.41. The highest BCUT2D eigenvalue weighted by atomic mass is 32.2. The van der Waals surface area contributed by atoms with Crippen molar-refractivity contribution in [2.45, 2.75) is 55.3 Å². The van der Waals surface area contributed by atoms with Crippen LogP contribution in [0.3, 0.4) is 0 Å². The van der Waals surface area contributed by atoms with Crippen LogP contribution in [-0.2, 0) is 19.0 Å². The van der Waals surface area contributed by atoms with Crippen LogP contribution in [0.2, 0.25) is 0 Å². The maximum atomic E-state index is 12.0. The zero-order valence-corrected chi connectivity index (χ0v) is 13.9. The highest BCUT2D eigenvalue weighted by Gasteiger charge is 2.26. The third-order valence-corrected chi connectivity index (χ3v) is 4.59. The van der Waals surface area contributed by atoms with Gasteiger partial charge in [0.2, 0.25) is 0 Å². The molecule has 5 nitrogen and oxygen atoms in total. The zero-order valence-electron chi connectivity index (χ0n) is 13.1. The summed E-state index contributed by atoms with van der Waals surface area (Å²) in [5.74, 6) is -0.254. The molecule has 0 N–H and O–H groups in total. The molecule has 3 atom stereocenters. The molecule has 0 amide bonds. The van der Waals surface area contributed by atoms with Gasteiger partial charge in [0, 0.05) is 12.8 Å². The lowest BCUT2D eigenvalue weighted by Gasteiger charge is -2.27. The number of carbonyl (C=O) groups is 1. The highest BCUT2D eigenvalue weighted by molar-refractivity contribution is 8.00. The van der Waals surface area contributed by atoms with Gasteiger partial charge in [0.1, 0.15) is 5.25 Å². The number of carbonyl (C=O) groups excluding carboxylic acids is 1. The van der Waals surface area contributed by atoms with E-state index in [2.05, 4.69) is 4.98 Å². The summed E-state index contributed by atoms with van der Waals surface area (Å²) in [5.41, 5.74) is 0. The number of methoxy groups -OCH3 is 1. The molecule has 1 saturated heterocycles. The largest absolute Gasteiger partial charge is 0.468 e. The molecule has 1 aromatic heterocycles. The van der Waals surface area contributed by atoms with Crippen LogP contribution >= 0.6 is 11.8 Å². The fraction of sp³-hybridized carbons (Fsp3) is 0.625. The van der Waals surface area contributed by atoms with Crippen LogP contribution < -0.4 is 0 Å². The van der Waals surface area contributed by atoms with Crippen molar-refractivity contribution in [2.24, 2.45) is 0 Å². The topological polar surface area (TPSA) is 57.7 Å². The average molecular weight is 325 g/mol. The maximum absolute atomic E-state index is 12.0. The first-order chi connectivity index (χ1) is 10.7. The van der Waals surface area contributed by atoms with E-state index < -0.39 is 0 Å². The van der Waals surface area contributed by atoms with E-state index in [4.69, 9.17) is 14.2 Å². The Morgan fingerprint density at radius 3 is 3.00 bits per heavy atom. The van der Waals surface area contributed by atoms with E-state index in [-0.39, 0.29) is 23.6 Å². The second kappa shape index (κ2) is 9.12. The number of aromatic nitrogens is 1. The van der Waals surface area contributed by atoms with Gasteiger partial charge in [-0.1, -0.05) is 17.8 Å². The first-order valence-corrected chi connectivity index (χ1v) is 8.49. The molecule has 0 aromatic carbocycles. The molecule has 0 saturated carbocycles. The van der Waals surface area contributed by atoms with E-state index >= 15 is 0 Å². The van der Waals surface area contributed by atoms with Crippen LogP contribution in [0.5, 0.6) is 0 Å². The number of rotatable bonds is 7. The van der Waals surface area contributed by atoms with Crippen molar-refractivity contribution in [1.29, 1.82) is 0 Å². The van der Waals surface area contributed by atoms with Crippen molar-refractivity contribution in [3.05, 3.63) is 24.4 Å². The molecule has 0 radical (unpaired) electrons. The fourth-order valence-electron chi connectivity index (χ4n) is 2.32. The van der Waals surface area contributed by atoms with Gasteiger partial charge in [-0.05, 0) is 44.7 Å². The molecule has 1 aliphatic rings. The molecular formula is C16H23NO4S. The average Bonchev–Trinajstić information content (AvgIpc) is 2.55. The Morgan fingerprint density at radius 1 is 1.50 bits per heavy atom. The smallest absolute Gasteiger partial charge is 0.319 e. The number of esters is 1. The minimum Gasteiger partial charge on any atom is -0.468 e. The van der Waals surface area contributed by atoms with Gasteiger partial charge in [0.25, 0.3) is 0 Å². The second-order valence-corrected chi connectivity index (χ2v) is 6.50. The maximum Gasteiger partial charge on any atom is 0.319 e. The van der Waals surface area contributed by atoms with Crippen molar-refractivity contribution in [3.8, 4) is 0 Å². The van der Waals surface area contributed by atoms with Gasteiger partial charge in [0.05, 0.1) is 18.2 Å². The summed E-state index contributed by atoms with van der Waals surface area (Å²) in [6.45, 7) is 2.72. The van der Waals surface area contributed by atoms with Crippen LogP contribution in [0.4, 0.5) is 0 Å². The molecule has 1 fully saturated rings. The first-order valence-electron chi connectivity index (χ1n) is 7.61. The lowest BCUT2D eigenvalue weighted by atomic mass is 10.2.